The molecule has 0 saturated heterocycles. The van der Waals surface area contributed by atoms with E-state index in [0.29, 0.717) is 16.8 Å². The predicted octanol–water partition coefficient (Wildman–Crippen LogP) is 3.15. The van der Waals surface area contributed by atoms with E-state index in [1.54, 1.807) is 30.3 Å². The van der Waals surface area contributed by atoms with E-state index >= 15 is 0 Å². The van der Waals surface area contributed by atoms with Gasteiger partial charge in [-0.3, -0.25) is 0 Å². The van der Waals surface area contributed by atoms with Crippen LogP contribution in [0, 0.1) is 0 Å². The van der Waals surface area contributed by atoms with Crippen LogP contribution >= 0.6 is 0 Å². The molecule has 6 N–H and O–H groups in total. The maximum absolute atomic E-state index is 12.6. The van der Waals surface area contributed by atoms with Crippen molar-refractivity contribution in [2.45, 2.75) is 0 Å². The fraction of sp³-hybridized carbons (Fsp3) is 0. The number of hydrogen-bond acceptors (Lipinski definition) is 6. The lowest BCUT2D eigenvalue weighted by molar-refractivity contribution is 0.0735. The Kier molecular flexibility index (Phi) is 4.18. The van der Waals surface area contributed by atoms with Crippen LogP contribution in [0.5, 0.6) is 17.2 Å². The van der Waals surface area contributed by atoms with Crippen LogP contribution in [0.4, 0.5) is 11.4 Å². The van der Waals surface area contributed by atoms with Crippen molar-refractivity contribution in [1.82, 2.24) is 0 Å². The average molecular weight is 336 g/mol. The minimum absolute atomic E-state index is 0.0719. The van der Waals surface area contributed by atoms with Gasteiger partial charge in [0.25, 0.3) is 0 Å². The zero-order valence-corrected chi connectivity index (χ0v) is 13.1. The predicted molar refractivity (Wildman–Crippen MR) is 95.4 cm³/mol. The molecule has 0 bridgehead atoms. The van der Waals surface area contributed by atoms with Crippen LogP contribution in [0.15, 0.2) is 60.7 Å². The van der Waals surface area contributed by atoms with Gasteiger partial charge in [0, 0.05) is 11.8 Å². The normalized spacial score (nSPS) is 10.4. The van der Waals surface area contributed by atoms with Crippen LogP contribution in [0.3, 0.4) is 0 Å². The molecule has 0 amide bonds. The molecule has 0 heterocycles. The molecule has 6 nitrogen and oxygen atoms in total. The van der Waals surface area contributed by atoms with Gasteiger partial charge >= 0.3 is 5.97 Å². The Bertz CT molecular complexity index is 954. The second-order valence-electron chi connectivity index (χ2n) is 5.47. The molecule has 126 valence electrons. The first-order valence-electron chi connectivity index (χ1n) is 7.43. The van der Waals surface area contributed by atoms with Crippen molar-refractivity contribution in [2.24, 2.45) is 0 Å². The molecular formula is C19H16N2O4. The van der Waals surface area contributed by atoms with Gasteiger partial charge in [-0.05, 0) is 53.6 Å². The summed E-state index contributed by atoms with van der Waals surface area (Å²) < 4.78 is 5.31. The zero-order chi connectivity index (χ0) is 18.0. The Balaban J connectivity index is 1.99. The first kappa shape index (κ1) is 16.2. The monoisotopic (exact) mass is 336 g/mol. The average Bonchev–Trinajstić information content (AvgIpc) is 2.58. The van der Waals surface area contributed by atoms with Crippen LogP contribution < -0.4 is 16.2 Å². The summed E-state index contributed by atoms with van der Waals surface area (Å²) in [6.07, 6.45) is 0. The number of nitrogen functional groups attached to an aromatic ring is 2. The molecule has 0 aliphatic rings. The lowest BCUT2D eigenvalue weighted by Gasteiger charge is -2.11. The quantitative estimate of drug-likeness (QED) is 0.252. The second-order valence-corrected chi connectivity index (χ2v) is 5.47. The molecule has 0 radical (unpaired) electrons. The third-order valence-corrected chi connectivity index (χ3v) is 3.63. The molecule has 0 aliphatic heterocycles. The van der Waals surface area contributed by atoms with E-state index in [4.69, 9.17) is 16.2 Å². The molecule has 0 aromatic heterocycles. The first-order chi connectivity index (χ1) is 11.9. The number of aromatic hydroxyl groups is 2. The van der Waals surface area contributed by atoms with Crippen molar-refractivity contribution in [3.63, 3.8) is 0 Å². The van der Waals surface area contributed by atoms with E-state index in [0.717, 1.165) is 0 Å². The summed E-state index contributed by atoms with van der Waals surface area (Å²) in [6.45, 7) is 0. The fourth-order valence-corrected chi connectivity index (χ4v) is 2.40. The molecule has 25 heavy (non-hydrogen) atoms. The SMILES string of the molecule is Nc1ccc(C(=O)Oc2ccc(N)c(O)c2)c(-c2cccc(O)c2)c1. The maximum atomic E-state index is 12.6. The van der Waals surface area contributed by atoms with E-state index in [2.05, 4.69) is 0 Å². The van der Waals surface area contributed by atoms with Crippen molar-refractivity contribution in [1.29, 1.82) is 0 Å². The zero-order valence-electron chi connectivity index (χ0n) is 13.1. The van der Waals surface area contributed by atoms with Crippen LogP contribution in [0.2, 0.25) is 0 Å². The Morgan fingerprint density at radius 1 is 0.920 bits per heavy atom. The smallest absolute Gasteiger partial charge is 0.344 e. The number of benzene rings is 3. The first-order valence-corrected chi connectivity index (χ1v) is 7.43. The third-order valence-electron chi connectivity index (χ3n) is 3.63. The minimum atomic E-state index is -0.623. The minimum Gasteiger partial charge on any atom is -0.508 e. The highest BCUT2D eigenvalue weighted by atomic mass is 16.5. The van der Waals surface area contributed by atoms with Gasteiger partial charge in [-0.1, -0.05) is 12.1 Å². The molecule has 0 aliphatic carbocycles. The highest BCUT2D eigenvalue weighted by Gasteiger charge is 2.16. The number of esters is 1. The fourth-order valence-electron chi connectivity index (χ4n) is 2.40. The van der Waals surface area contributed by atoms with Gasteiger partial charge in [-0.2, -0.15) is 0 Å². The summed E-state index contributed by atoms with van der Waals surface area (Å²) in [5.74, 6) is -0.559. The van der Waals surface area contributed by atoms with Gasteiger partial charge in [0.2, 0.25) is 0 Å². The van der Waals surface area contributed by atoms with Crippen LogP contribution in [-0.2, 0) is 0 Å². The van der Waals surface area contributed by atoms with Crippen molar-refractivity contribution >= 4 is 17.3 Å². The number of ether oxygens (including phenoxy) is 1. The lowest BCUT2D eigenvalue weighted by atomic mass is 9.99. The van der Waals surface area contributed by atoms with Crippen LogP contribution in [0.25, 0.3) is 11.1 Å². The number of nitrogens with two attached hydrogens (primary N) is 2. The summed E-state index contributed by atoms with van der Waals surface area (Å²) in [4.78, 5) is 12.6. The lowest BCUT2D eigenvalue weighted by Crippen LogP contribution is -2.10. The van der Waals surface area contributed by atoms with E-state index in [9.17, 15) is 15.0 Å². The Morgan fingerprint density at radius 2 is 1.72 bits per heavy atom. The Morgan fingerprint density at radius 3 is 2.44 bits per heavy atom. The largest absolute Gasteiger partial charge is 0.508 e. The topological polar surface area (TPSA) is 119 Å². The summed E-state index contributed by atoms with van der Waals surface area (Å²) in [7, 11) is 0. The van der Waals surface area contributed by atoms with E-state index in [-0.39, 0.29) is 28.5 Å². The van der Waals surface area contributed by atoms with Crippen LogP contribution in [0.1, 0.15) is 10.4 Å². The van der Waals surface area contributed by atoms with Gasteiger partial charge in [-0.15, -0.1) is 0 Å². The number of carbonyl (C=O) groups excluding carboxylic acids is 1. The Labute approximate surface area is 143 Å². The van der Waals surface area contributed by atoms with Crippen molar-refractivity contribution < 1.29 is 19.7 Å². The number of phenolic OH excluding ortho intramolecular Hbond substituents is 2. The number of anilines is 2. The standard InChI is InChI=1S/C19H16N2O4/c20-12-4-6-15(16(9-12)11-2-1-3-13(22)8-11)19(24)25-14-5-7-17(21)18(23)10-14/h1-10,22-23H,20-21H2. The molecule has 0 spiro atoms. The molecule has 0 fully saturated rings. The van der Waals surface area contributed by atoms with Crippen molar-refractivity contribution in [2.75, 3.05) is 11.5 Å². The highest BCUT2D eigenvalue weighted by Crippen LogP contribution is 2.30. The van der Waals surface area contributed by atoms with E-state index < -0.39 is 5.97 Å². The summed E-state index contributed by atoms with van der Waals surface area (Å²) >= 11 is 0. The maximum Gasteiger partial charge on any atom is 0.344 e. The van der Waals surface area contributed by atoms with E-state index in [1.165, 1.54) is 30.3 Å². The van der Waals surface area contributed by atoms with E-state index in [1.807, 2.05) is 0 Å². The van der Waals surface area contributed by atoms with Gasteiger partial charge in [0.1, 0.15) is 17.2 Å². The molecule has 3 aromatic carbocycles. The van der Waals surface area contributed by atoms with Gasteiger partial charge < -0.3 is 26.4 Å². The summed E-state index contributed by atoms with van der Waals surface area (Å²) in [6, 6.07) is 15.4. The number of phenols is 2. The van der Waals surface area contributed by atoms with Gasteiger partial charge in [0.15, 0.2) is 0 Å². The molecule has 0 atom stereocenters. The summed E-state index contributed by atoms with van der Waals surface area (Å²) in [5.41, 5.74) is 13.5. The molecule has 3 rings (SSSR count). The molecule has 6 heteroatoms. The van der Waals surface area contributed by atoms with Crippen molar-refractivity contribution in [3.8, 4) is 28.4 Å². The number of rotatable bonds is 3. The molecule has 3 aromatic rings. The third kappa shape index (κ3) is 3.48. The highest BCUT2D eigenvalue weighted by molar-refractivity contribution is 5.99. The second kappa shape index (κ2) is 6.45. The molecule has 0 saturated carbocycles. The number of hydrogen-bond donors (Lipinski definition) is 4. The molecular weight excluding hydrogens is 320 g/mol. The van der Waals surface area contributed by atoms with Gasteiger partial charge in [0.05, 0.1) is 11.3 Å². The van der Waals surface area contributed by atoms with Gasteiger partial charge in [-0.25, -0.2) is 4.79 Å². The number of carbonyl (C=O) groups is 1. The summed E-state index contributed by atoms with van der Waals surface area (Å²) in [5, 5.41) is 19.3. The Hall–Kier alpha value is -3.67. The van der Waals surface area contributed by atoms with Crippen molar-refractivity contribution in [3.05, 3.63) is 66.2 Å². The van der Waals surface area contributed by atoms with Crippen LogP contribution in [-0.4, -0.2) is 16.2 Å². The molecule has 0 unspecified atom stereocenters.